The molecule has 1 heterocycles. The minimum atomic E-state index is -0.509. The highest BCUT2D eigenvalue weighted by Gasteiger charge is 2.16. The van der Waals surface area contributed by atoms with E-state index in [-0.39, 0.29) is 0 Å². The first-order valence-electron chi connectivity index (χ1n) is 6.86. The SMILES string of the molecule is CCN(CCNC(=O)OC(C)(C)C)c1ccc(C=O)nn1. The topological polar surface area (TPSA) is 84.4 Å². The summed E-state index contributed by atoms with van der Waals surface area (Å²) >= 11 is 0. The molecule has 0 unspecified atom stereocenters. The number of hydrogen-bond donors (Lipinski definition) is 1. The lowest BCUT2D eigenvalue weighted by Gasteiger charge is -2.23. The van der Waals surface area contributed by atoms with Crippen LogP contribution in [0.25, 0.3) is 0 Å². The molecule has 0 radical (unpaired) electrons. The third-order valence-corrected chi connectivity index (χ3v) is 2.55. The number of alkyl carbamates (subject to hydrolysis) is 1. The number of aldehydes is 1. The molecule has 116 valence electrons. The largest absolute Gasteiger partial charge is 0.444 e. The first-order chi connectivity index (χ1) is 9.85. The van der Waals surface area contributed by atoms with E-state index in [1.54, 1.807) is 12.1 Å². The highest BCUT2D eigenvalue weighted by atomic mass is 16.6. The lowest BCUT2D eigenvalue weighted by molar-refractivity contribution is 0.0529. The summed E-state index contributed by atoms with van der Waals surface area (Å²) in [5, 5.41) is 10.5. The van der Waals surface area contributed by atoms with Crippen LogP contribution in [0.5, 0.6) is 0 Å². The first kappa shape index (κ1) is 16.9. The summed E-state index contributed by atoms with van der Waals surface area (Å²) in [6.07, 6.45) is 0.206. The number of hydrogen-bond acceptors (Lipinski definition) is 6. The zero-order valence-electron chi connectivity index (χ0n) is 12.9. The summed E-state index contributed by atoms with van der Waals surface area (Å²) in [6, 6.07) is 3.34. The number of nitrogens with one attached hydrogen (secondary N) is 1. The van der Waals surface area contributed by atoms with Crippen LogP contribution in [0.2, 0.25) is 0 Å². The number of amides is 1. The van der Waals surface area contributed by atoms with Gasteiger partial charge in [-0.25, -0.2) is 4.79 Å². The van der Waals surface area contributed by atoms with Crippen LogP contribution in [0.1, 0.15) is 38.2 Å². The fourth-order valence-corrected chi connectivity index (χ4v) is 1.61. The number of carbonyl (C=O) groups is 2. The number of nitrogens with zero attached hydrogens (tertiary/aromatic N) is 3. The van der Waals surface area contributed by atoms with Crippen LogP contribution in [0.4, 0.5) is 10.6 Å². The second-order valence-electron chi connectivity index (χ2n) is 5.44. The number of aromatic nitrogens is 2. The summed E-state index contributed by atoms with van der Waals surface area (Å²) in [6.45, 7) is 9.14. The van der Waals surface area contributed by atoms with Crippen molar-refractivity contribution in [3.8, 4) is 0 Å². The normalized spacial score (nSPS) is 10.9. The molecule has 0 aliphatic carbocycles. The molecule has 0 fully saturated rings. The zero-order valence-corrected chi connectivity index (χ0v) is 12.9. The van der Waals surface area contributed by atoms with Gasteiger partial charge in [0.15, 0.2) is 12.1 Å². The summed E-state index contributed by atoms with van der Waals surface area (Å²) in [5.41, 5.74) is -0.216. The highest BCUT2D eigenvalue weighted by Crippen LogP contribution is 2.08. The predicted molar refractivity (Wildman–Crippen MR) is 79.5 cm³/mol. The van der Waals surface area contributed by atoms with Crippen molar-refractivity contribution in [3.63, 3.8) is 0 Å². The summed E-state index contributed by atoms with van der Waals surface area (Å²) in [4.78, 5) is 24.0. The number of rotatable bonds is 6. The Balaban J connectivity index is 2.47. The van der Waals surface area contributed by atoms with Gasteiger partial charge in [-0.15, -0.1) is 10.2 Å². The smallest absolute Gasteiger partial charge is 0.407 e. The molecular formula is C14H22N4O3. The van der Waals surface area contributed by atoms with E-state index in [0.717, 1.165) is 0 Å². The minimum absolute atomic E-state index is 0.293. The molecule has 0 saturated heterocycles. The van der Waals surface area contributed by atoms with Gasteiger partial charge in [0.05, 0.1) is 0 Å². The van der Waals surface area contributed by atoms with Crippen molar-refractivity contribution >= 4 is 18.2 Å². The van der Waals surface area contributed by atoms with E-state index in [2.05, 4.69) is 15.5 Å². The van der Waals surface area contributed by atoms with Crippen molar-refractivity contribution in [1.82, 2.24) is 15.5 Å². The average molecular weight is 294 g/mol. The molecule has 1 aromatic heterocycles. The maximum atomic E-state index is 11.5. The molecule has 7 heteroatoms. The second-order valence-corrected chi connectivity index (χ2v) is 5.44. The van der Waals surface area contributed by atoms with E-state index in [4.69, 9.17) is 4.74 Å². The lowest BCUT2D eigenvalue weighted by atomic mass is 10.2. The zero-order chi connectivity index (χ0) is 15.9. The van der Waals surface area contributed by atoms with Gasteiger partial charge >= 0.3 is 6.09 Å². The van der Waals surface area contributed by atoms with Crippen LogP contribution in [-0.4, -0.2) is 47.8 Å². The van der Waals surface area contributed by atoms with Crippen molar-refractivity contribution in [2.24, 2.45) is 0 Å². The average Bonchev–Trinajstić information content (AvgIpc) is 2.42. The van der Waals surface area contributed by atoms with Crippen molar-refractivity contribution < 1.29 is 14.3 Å². The molecule has 0 aliphatic heterocycles. The van der Waals surface area contributed by atoms with Gasteiger partial charge in [0, 0.05) is 19.6 Å². The summed E-state index contributed by atoms with van der Waals surface area (Å²) in [5.74, 6) is 0.661. The fraction of sp³-hybridized carbons (Fsp3) is 0.571. The van der Waals surface area contributed by atoms with Gasteiger partial charge in [-0.1, -0.05) is 0 Å². The number of ether oxygens (including phenoxy) is 1. The molecule has 0 atom stereocenters. The van der Waals surface area contributed by atoms with Crippen LogP contribution >= 0.6 is 0 Å². The van der Waals surface area contributed by atoms with Crippen molar-refractivity contribution in [3.05, 3.63) is 17.8 Å². The van der Waals surface area contributed by atoms with Gasteiger partial charge in [-0.2, -0.15) is 0 Å². The molecule has 0 bridgehead atoms. The van der Waals surface area contributed by atoms with E-state index in [1.807, 2.05) is 32.6 Å². The Morgan fingerprint density at radius 3 is 2.57 bits per heavy atom. The van der Waals surface area contributed by atoms with Crippen LogP contribution in [-0.2, 0) is 4.74 Å². The van der Waals surface area contributed by atoms with Crippen LogP contribution in [0.3, 0.4) is 0 Å². The van der Waals surface area contributed by atoms with E-state index >= 15 is 0 Å². The Kier molecular flexibility index (Phi) is 6.08. The number of anilines is 1. The van der Waals surface area contributed by atoms with Gasteiger partial charge in [0.2, 0.25) is 0 Å². The molecule has 1 aromatic rings. The molecule has 7 nitrogen and oxygen atoms in total. The highest BCUT2D eigenvalue weighted by molar-refractivity contribution is 5.71. The molecule has 0 aliphatic rings. The molecule has 1 amide bonds. The molecule has 0 saturated carbocycles. The van der Waals surface area contributed by atoms with Crippen molar-refractivity contribution in [1.29, 1.82) is 0 Å². The third-order valence-electron chi connectivity index (χ3n) is 2.55. The van der Waals surface area contributed by atoms with Gasteiger partial charge in [-0.3, -0.25) is 4.79 Å². The molecule has 1 rings (SSSR count). The van der Waals surface area contributed by atoms with E-state index in [1.165, 1.54) is 0 Å². The Hall–Kier alpha value is -2.18. The van der Waals surface area contributed by atoms with Crippen LogP contribution < -0.4 is 10.2 Å². The third kappa shape index (κ3) is 6.20. The fourth-order valence-electron chi connectivity index (χ4n) is 1.61. The van der Waals surface area contributed by atoms with Gasteiger partial charge < -0.3 is 15.0 Å². The van der Waals surface area contributed by atoms with E-state index < -0.39 is 11.7 Å². The molecule has 21 heavy (non-hydrogen) atoms. The Labute approximate surface area is 124 Å². The maximum Gasteiger partial charge on any atom is 0.407 e. The maximum absolute atomic E-state index is 11.5. The number of carbonyl (C=O) groups excluding carboxylic acids is 2. The van der Waals surface area contributed by atoms with Crippen LogP contribution in [0, 0.1) is 0 Å². The Morgan fingerprint density at radius 2 is 2.10 bits per heavy atom. The van der Waals surface area contributed by atoms with Crippen molar-refractivity contribution in [2.75, 3.05) is 24.5 Å². The van der Waals surface area contributed by atoms with Gasteiger partial charge in [0.1, 0.15) is 11.3 Å². The van der Waals surface area contributed by atoms with Gasteiger partial charge in [-0.05, 0) is 39.8 Å². The first-order valence-corrected chi connectivity index (χ1v) is 6.86. The summed E-state index contributed by atoms with van der Waals surface area (Å²) in [7, 11) is 0. The Bertz CT molecular complexity index is 468. The minimum Gasteiger partial charge on any atom is -0.444 e. The summed E-state index contributed by atoms with van der Waals surface area (Å²) < 4.78 is 5.15. The molecular weight excluding hydrogens is 272 g/mol. The van der Waals surface area contributed by atoms with E-state index in [9.17, 15) is 9.59 Å². The molecule has 0 aromatic carbocycles. The Morgan fingerprint density at radius 1 is 1.38 bits per heavy atom. The monoisotopic (exact) mass is 294 g/mol. The van der Waals surface area contributed by atoms with Gasteiger partial charge in [0.25, 0.3) is 0 Å². The quantitative estimate of drug-likeness (QED) is 0.803. The standard InChI is InChI=1S/C14H22N4O3/c1-5-18(12-7-6-11(10-19)16-17-12)9-8-15-13(20)21-14(2,3)4/h6-7,10H,5,8-9H2,1-4H3,(H,15,20). The lowest BCUT2D eigenvalue weighted by Crippen LogP contribution is -2.38. The van der Waals surface area contributed by atoms with Crippen molar-refractivity contribution in [2.45, 2.75) is 33.3 Å². The second kappa shape index (κ2) is 7.56. The number of likely N-dealkylation sites (N-methyl/N-ethyl adjacent to an activating group) is 1. The van der Waals surface area contributed by atoms with Crippen LogP contribution in [0.15, 0.2) is 12.1 Å². The molecule has 0 spiro atoms. The molecule has 1 N–H and O–H groups in total. The van der Waals surface area contributed by atoms with E-state index in [0.29, 0.717) is 37.4 Å². The predicted octanol–water partition coefficient (Wildman–Crippen LogP) is 1.64.